The van der Waals surface area contributed by atoms with Gasteiger partial charge in [-0.25, -0.2) is 8.78 Å². The zero-order valence-electron chi connectivity index (χ0n) is 12.7. The molecule has 1 N–H and O–H groups in total. The molecule has 1 rings (SSSR count). The molecule has 0 spiro atoms. The average Bonchev–Trinajstić information content (AvgIpc) is 2.46. The summed E-state index contributed by atoms with van der Waals surface area (Å²) >= 11 is 0. The quantitative estimate of drug-likeness (QED) is 0.558. The number of rotatable bonds is 6. The summed E-state index contributed by atoms with van der Waals surface area (Å²) in [6.07, 6.45) is 4.23. The van der Waals surface area contributed by atoms with Crippen molar-refractivity contribution in [2.75, 3.05) is 0 Å². The standard InChI is InChI=1S/C16H26F2O2/c1-4-16(5-2)8-6-12(7-9-16)14(20)10-13(19)11(3)15(17)18/h10-12,15,19H,4-9H2,1-3H3. The van der Waals surface area contributed by atoms with Crippen LogP contribution in [0.3, 0.4) is 0 Å². The minimum Gasteiger partial charge on any atom is -0.512 e. The Morgan fingerprint density at radius 3 is 2.20 bits per heavy atom. The van der Waals surface area contributed by atoms with Gasteiger partial charge >= 0.3 is 0 Å². The Morgan fingerprint density at radius 2 is 1.80 bits per heavy atom. The van der Waals surface area contributed by atoms with Crippen molar-refractivity contribution in [1.29, 1.82) is 0 Å². The zero-order chi connectivity index (χ0) is 15.3. The Balaban J connectivity index is 2.61. The van der Waals surface area contributed by atoms with Gasteiger partial charge in [0.15, 0.2) is 5.78 Å². The molecule has 0 aliphatic heterocycles. The fourth-order valence-corrected chi connectivity index (χ4v) is 3.00. The molecule has 0 heterocycles. The largest absolute Gasteiger partial charge is 0.512 e. The van der Waals surface area contributed by atoms with Crippen LogP contribution in [0.1, 0.15) is 59.3 Å². The molecule has 0 radical (unpaired) electrons. The first-order chi connectivity index (χ1) is 9.35. The van der Waals surface area contributed by atoms with Crippen molar-refractivity contribution in [1.82, 2.24) is 0 Å². The molecule has 0 aromatic heterocycles. The maximum atomic E-state index is 12.5. The second-order valence-corrected chi connectivity index (χ2v) is 6.08. The molecule has 1 atom stereocenters. The lowest BCUT2D eigenvalue weighted by atomic mass is 9.67. The van der Waals surface area contributed by atoms with Crippen LogP contribution in [0.5, 0.6) is 0 Å². The van der Waals surface area contributed by atoms with Crippen LogP contribution in [0.25, 0.3) is 0 Å². The molecule has 2 nitrogen and oxygen atoms in total. The van der Waals surface area contributed by atoms with Gasteiger partial charge in [-0.15, -0.1) is 0 Å². The van der Waals surface area contributed by atoms with E-state index in [9.17, 15) is 18.7 Å². The second kappa shape index (κ2) is 7.19. The van der Waals surface area contributed by atoms with Crippen LogP contribution in [0.15, 0.2) is 11.8 Å². The lowest BCUT2D eigenvalue weighted by Gasteiger charge is -2.38. The summed E-state index contributed by atoms with van der Waals surface area (Å²) in [7, 11) is 0. The zero-order valence-corrected chi connectivity index (χ0v) is 12.7. The van der Waals surface area contributed by atoms with E-state index in [4.69, 9.17) is 0 Å². The summed E-state index contributed by atoms with van der Waals surface area (Å²) in [5.41, 5.74) is 0.346. The Bertz CT molecular complexity index is 349. The molecule has 0 aromatic rings. The first-order valence-electron chi connectivity index (χ1n) is 7.57. The molecular formula is C16H26F2O2. The lowest BCUT2D eigenvalue weighted by molar-refractivity contribution is -0.120. The Morgan fingerprint density at radius 1 is 1.30 bits per heavy atom. The van der Waals surface area contributed by atoms with E-state index < -0.39 is 18.1 Å². The van der Waals surface area contributed by atoms with Crippen LogP contribution in [0.2, 0.25) is 0 Å². The van der Waals surface area contributed by atoms with E-state index in [0.29, 0.717) is 5.41 Å². The maximum absolute atomic E-state index is 12.5. The molecule has 0 bridgehead atoms. The number of allylic oxidation sites excluding steroid dienone is 2. The summed E-state index contributed by atoms with van der Waals surface area (Å²) in [6.45, 7) is 5.59. The molecule has 4 heteroatoms. The fourth-order valence-electron chi connectivity index (χ4n) is 3.00. The number of hydrogen-bond acceptors (Lipinski definition) is 2. The van der Waals surface area contributed by atoms with Crippen molar-refractivity contribution in [3.8, 4) is 0 Å². The van der Waals surface area contributed by atoms with Crippen LogP contribution in [-0.2, 0) is 4.79 Å². The van der Waals surface area contributed by atoms with Gasteiger partial charge in [0.05, 0.1) is 5.92 Å². The SMILES string of the molecule is CCC1(CC)CCC(C(=O)C=C(O)C(C)C(F)F)CC1. The normalized spacial score (nSPS) is 22.0. The minimum atomic E-state index is -2.64. The number of hydrogen-bond donors (Lipinski definition) is 1. The third-order valence-corrected chi connectivity index (χ3v) is 5.08. The predicted octanol–water partition coefficient (Wildman–Crippen LogP) is 4.90. The van der Waals surface area contributed by atoms with E-state index in [-0.39, 0.29) is 11.7 Å². The molecular weight excluding hydrogens is 262 g/mol. The van der Waals surface area contributed by atoms with Gasteiger partial charge in [0, 0.05) is 12.0 Å². The maximum Gasteiger partial charge on any atom is 0.248 e. The number of carbonyl (C=O) groups is 1. The van der Waals surface area contributed by atoms with Crippen molar-refractivity contribution in [2.45, 2.75) is 65.7 Å². The topological polar surface area (TPSA) is 37.3 Å². The highest BCUT2D eigenvalue weighted by molar-refractivity contribution is 5.92. The molecule has 1 fully saturated rings. The molecule has 1 saturated carbocycles. The third-order valence-electron chi connectivity index (χ3n) is 5.08. The highest BCUT2D eigenvalue weighted by Gasteiger charge is 2.34. The second-order valence-electron chi connectivity index (χ2n) is 6.08. The lowest BCUT2D eigenvalue weighted by Crippen LogP contribution is -2.29. The molecule has 0 amide bonds. The van der Waals surface area contributed by atoms with Crippen molar-refractivity contribution in [2.24, 2.45) is 17.3 Å². The molecule has 0 aromatic carbocycles. The molecule has 1 aliphatic carbocycles. The van der Waals surface area contributed by atoms with Crippen LogP contribution in [0, 0.1) is 17.3 Å². The number of aliphatic hydroxyl groups excluding tert-OH is 1. The highest BCUT2D eigenvalue weighted by atomic mass is 19.3. The Kier molecular flexibility index (Phi) is 6.15. The summed E-state index contributed by atoms with van der Waals surface area (Å²) in [5.74, 6) is -2.08. The number of halogens is 2. The van der Waals surface area contributed by atoms with E-state index in [1.54, 1.807) is 0 Å². The Labute approximate surface area is 120 Å². The monoisotopic (exact) mass is 288 g/mol. The fraction of sp³-hybridized carbons (Fsp3) is 0.812. The van der Waals surface area contributed by atoms with Crippen LogP contribution in [0.4, 0.5) is 8.78 Å². The molecule has 20 heavy (non-hydrogen) atoms. The number of alkyl halides is 2. The van der Waals surface area contributed by atoms with Crippen LogP contribution >= 0.6 is 0 Å². The van der Waals surface area contributed by atoms with Gasteiger partial charge in [-0.05, 0) is 38.0 Å². The number of aliphatic hydroxyl groups is 1. The van der Waals surface area contributed by atoms with Gasteiger partial charge in [0.25, 0.3) is 0 Å². The van der Waals surface area contributed by atoms with Gasteiger partial charge in [-0.1, -0.05) is 26.7 Å². The highest BCUT2D eigenvalue weighted by Crippen LogP contribution is 2.44. The van der Waals surface area contributed by atoms with E-state index >= 15 is 0 Å². The molecule has 1 aliphatic rings. The molecule has 0 saturated heterocycles. The van der Waals surface area contributed by atoms with Gasteiger partial charge in [0.2, 0.25) is 6.43 Å². The minimum absolute atomic E-state index is 0.117. The Hall–Kier alpha value is -0.930. The molecule has 116 valence electrons. The average molecular weight is 288 g/mol. The first-order valence-corrected chi connectivity index (χ1v) is 7.57. The van der Waals surface area contributed by atoms with Crippen molar-refractivity contribution < 1.29 is 18.7 Å². The van der Waals surface area contributed by atoms with Crippen LogP contribution < -0.4 is 0 Å². The van der Waals surface area contributed by atoms with Crippen molar-refractivity contribution in [3.63, 3.8) is 0 Å². The van der Waals surface area contributed by atoms with Crippen molar-refractivity contribution >= 4 is 5.78 Å². The van der Waals surface area contributed by atoms with Gasteiger partial charge in [-0.3, -0.25) is 4.79 Å². The summed E-state index contributed by atoms with van der Waals surface area (Å²) in [4.78, 5) is 12.0. The van der Waals surface area contributed by atoms with Gasteiger partial charge in [-0.2, -0.15) is 0 Å². The van der Waals surface area contributed by atoms with E-state index in [1.165, 1.54) is 6.92 Å². The van der Waals surface area contributed by atoms with Crippen molar-refractivity contribution in [3.05, 3.63) is 11.8 Å². The molecule has 1 unspecified atom stereocenters. The smallest absolute Gasteiger partial charge is 0.248 e. The van der Waals surface area contributed by atoms with Crippen LogP contribution in [-0.4, -0.2) is 17.3 Å². The predicted molar refractivity (Wildman–Crippen MR) is 75.9 cm³/mol. The number of carbonyl (C=O) groups excluding carboxylic acids is 1. The number of ketones is 1. The van der Waals surface area contributed by atoms with E-state index in [1.807, 2.05) is 0 Å². The third kappa shape index (κ3) is 4.03. The first kappa shape index (κ1) is 17.1. The van der Waals surface area contributed by atoms with Gasteiger partial charge < -0.3 is 5.11 Å². The van der Waals surface area contributed by atoms with Gasteiger partial charge in [0.1, 0.15) is 5.76 Å². The van der Waals surface area contributed by atoms with E-state index in [2.05, 4.69) is 13.8 Å². The summed E-state index contributed by atoms with van der Waals surface area (Å²) in [5, 5.41) is 9.54. The van der Waals surface area contributed by atoms with E-state index in [0.717, 1.165) is 44.6 Å². The summed E-state index contributed by atoms with van der Waals surface area (Å²) in [6, 6.07) is 0. The summed E-state index contributed by atoms with van der Waals surface area (Å²) < 4.78 is 24.9.